The van der Waals surface area contributed by atoms with Crippen molar-refractivity contribution in [2.24, 2.45) is 5.92 Å². The lowest BCUT2D eigenvalue weighted by Gasteiger charge is -2.30. The number of halogens is 6. The molecular weight excluding hydrogens is 630 g/mol. The van der Waals surface area contributed by atoms with Crippen LogP contribution in [-0.2, 0) is 17.5 Å². The highest BCUT2D eigenvalue weighted by Crippen LogP contribution is 2.41. The molecule has 0 unspecified atom stereocenters. The lowest BCUT2D eigenvalue weighted by Crippen LogP contribution is -2.40. The number of piperidine rings is 1. The summed E-state index contributed by atoms with van der Waals surface area (Å²) in [6.07, 6.45) is -5.57. The highest BCUT2D eigenvalue weighted by molar-refractivity contribution is 7.16. The molecule has 45 heavy (non-hydrogen) atoms. The van der Waals surface area contributed by atoms with Gasteiger partial charge in [-0.1, -0.05) is 11.3 Å². The van der Waals surface area contributed by atoms with Crippen LogP contribution in [0.2, 0.25) is 0 Å². The Labute approximate surface area is 257 Å². The molecule has 1 amide bonds. The molecule has 242 valence electrons. The first kappa shape index (κ1) is 32.4. The Morgan fingerprint density at radius 2 is 1.78 bits per heavy atom. The summed E-state index contributed by atoms with van der Waals surface area (Å²) in [5.74, 6) is -1.69. The number of hydrogen-bond acceptors (Lipinski definition) is 9. The van der Waals surface area contributed by atoms with E-state index in [0.29, 0.717) is 38.2 Å². The quantitative estimate of drug-likeness (QED) is 0.294. The number of likely N-dealkylation sites (tertiary alicyclic amines) is 1. The van der Waals surface area contributed by atoms with Crippen LogP contribution in [-0.4, -0.2) is 75.8 Å². The first-order chi connectivity index (χ1) is 21.2. The number of carboxylic acid groups (broad SMARTS) is 1. The van der Waals surface area contributed by atoms with Gasteiger partial charge < -0.3 is 14.7 Å². The van der Waals surface area contributed by atoms with Crippen molar-refractivity contribution < 1.29 is 45.8 Å². The number of carboxylic acids is 1. The zero-order valence-corrected chi connectivity index (χ0v) is 24.6. The topological polar surface area (TPSA) is 121 Å². The van der Waals surface area contributed by atoms with Crippen LogP contribution in [0, 0.1) is 5.92 Å². The second-order valence-electron chi connectivity index (χ2n) is 10.7. The number of carbonyl (C=O) groups is 2. The second kappa shape index (κ2) is 12.8. The van der Waals surface area contributed by atoms with E-state index >= 15 is 0 Å². The van der Waals surface area contributed by atoms with Gasteiger partial charge in [-0.2, -0.15) is 26.3 Å². The molecule has 2 aliphatic heterocycles. The normalized spacial score (nSPS) is 18.3. The Morgan fingerprint density at radius 3 is 2.38 bits per heavy atom. The second-order valence-corrected chi connectivity index (χ2v) is 11.8. The number of benzene rings is 1. The fourth-order valence-electron chi connectivity index (χ4n) is 5.44. The third-order valence-electron chi connectivity index (χ3n) is 7.79. The van der Waals surface area contributed by atoms with Crippen molar-refractivity contribution in [3.05, 3.63) is 46.7 Å². The first-order valence-electron chi connectivity index (χ1n) is 13.9. The van der Waals surface area contributed by atoms with E-state index in [9.17, 15) is 41.0 Å². The number of rotatable bonds is 8. The lowest BCUT2D eigenvalue weighted by molar-refractivity contribution is -0.177. The predicted molar refractivity (Wildman–Crippen MR) is 151 cm³/mol. The number of aliphatic carboxylic acids is 1. The molecule has 2 N–H and O–H groups in total. The van der Waals surface area contributed by atoms with Crippen molar-refractivity contribution in [1.29, 1.82) is 0 Å². The number of ether oxygens (including phenoxy) is 1. The van der Waals surface area contributed by atoms with Crippen LogP contribution in [0.3, 0.4) is 0 Å². The van der Waals surface area contributed by atoms with E-state index in [2.05, 4.69) is 20.3 Å². The molecule has 0 bridgehead atoms. The molecule has 17 heteroatoms. The number of thiazole rings is 1. The molecule has 0 radical (unpaired) electrons. The molecule has 0 spiro atoms. The maximum atomic E-state index is 13.7. The zero-order valence-electron chi connectivity index (χ0n) is 23.8. The van der Waals surface area contributed by atoms with Crippen molar-refractivity contribution in [3.8, 4) is 17.0 Å². The minimum Gasteiger partial charge on any atom is -0.497 e. The molecule has 2 saturated heterocycles. The smallest absolute Gasteiger partial charge is 0.416 e. The average Bonchev–Trinajstić information content (AvgIpc) is 3.64. The standard InChI is InChI=1S/C28H28F6N6O4S/c1-44-18-10-16(9-17(11-18)27(29,30)31)23-20(14-40-6-2-3-21(40)28(32,33)34)45-26(37-23)38-24(41)19-12-36-22(13-35-19)39-7-4-15(5-8-39)25(42)43/h9-13,15,21H,2-8,14H2,1H3,(H,42,43)(H,37,38,41)/t21-/m0/s1. The molecule has 2 fully saturated rings. The number of carbonyl (C=O) groups excluding carboxylic acids is 1. The predicted octanol–water partition coefficient (Wildman–Crippen LogP) is 5.71. The fourth-order valence-corrected chi connectivity index (χ4v) is 6.45. The van der Waals surface area contributed by atoms with Crippen molar-refractivity contribution in [2.75, 3.05) is 37.0 Å². The molecule has 2 aromatic heterocycles. The summed E-state index contributed by atoms with van der Waals surface area (Å²) in [5, 5.41) is 11.7. The number of aromatic nitrogens is 3. The molecule has 10 nitrogen and oxygen atoms in total. The van der Waals surface area contributed by atoms with Crippen molar-refractivity contribution in [2.45, 2.75) is 50.6 Å². The van der Waals surface area contributed by atoms with Gasteiger partial charge in [-0.15, -0.1) is 0 Å². The van der Waals surface area contributed by atoms with E-state index in [-0.39, 0.29) is 52.2 Å². The van der Waals surface area contributed by atoms with Crippen LogP contribution in [0.4, 0.5) is 37.3 Å². The van der Waals surface area contributed by atoms with Gasteiger partial charge >= 0.3 is 18.3 Å². The van der Waals surface area contributed by atoms with Crippen LogP contribution < -0.4 is 15.0 Å². The van der Waals surface area contributed by atoms with Crippen LogP contribution >= 0.6 is 11.3 Å². The van der Waals surface area contributed by atoms with Crippen molar-refractivity contribution in [1.82, 2.24) is 19.9 Å². The monoisotopic (exact) mass is 658 g/mol. The Balaban J connectivity index is 1.41. The molecule has 5 rings (SSSR count). The van der Waals surface area contributed by atoms with Crippen LogP contribution in [0.5, 0.6) is 5.75 Å². The van der Waals surface area contributed by atoms with Crippen LogP contribution in [0.1, 0.15) is 46.6 Å². The highest BCUT2D eigenvalue weighted by atomic mass is 32.1. The fraction of sp³-hybridized carbons (Fsp3) is 0.464. The first-order valence-corrected chi connectivity index (χ1v) is 14.7. The van der Waals surface area contributed by atoms with Gasteiger partial charge in [0.15, 0.2) is 5.13 Å². The Hall–Kier alpha value is -3.99. The third kappa shape index (κ3) is 7.46. The summed E-state index contributed by atoms with van der Waals surface area (Å²) in [5.41, 5.74) is -1.18. The lowest BCUT2D eigenvalue weighted by atomic mass is 9.97. The molecule has 1 atom stereocenters. The SMILES string of the molecule is COc1cc(-c2nc(NC(=O)c3cnc(N4CCC(C(=O)O)CC4)cn3)sc2CN2CCC[C@H]2C(F)(F)F)cc(C(F)(F)F)c1. The summed E-state index contributed by atoms with van der Waals surface area (Å²) in [4.78, 5) is 40.3. The number of anilines is 2. The molecule has 0 aliphatic carbocycles. The minimum atomic E-state index is -4.73. The average molecular weight is 659 g/mol. The summed E-state index contributed by atoms with van der Waals surface area (Å²) in [6.45, 7) is 0.784. The van der Waals surface area contributed by atoms with Gasteiger partial charge in [0.1, 0.15) is 23.3 Å². The van der Waals surface area contributed by atoms with E-state index in [1.807, 2.05) is 4.90 Å². The number of methoxy groups -OCH3 is 1. The molecule has 4 heterocycles. The largest absolute Gasteiger partial charge is 0.497 e. The third-order valence-corrected chi connectivity index (χ3v) is 8.74. The van der Waals surface area contributed by atoms with E-state index in [4.69, 9.17) is 4.74 Å². The van der Waals surface area contributed by atoms with Gasteiger partial charge in [0, 0.05) is 30.1 Å². The number of hydrogen-bond donors (Lipinski definition) is 2. The van der Waals surface area contributed by atoms with Crippen molar-refractivity contribution in [3.63, 3.8) is 0 Å². The van der Waals surface area contributed by atoms with Gasteiger partial charge in [-0.3, -0.25) is 19.8 Å². The van der Waals surface area contributed by atoms with E-state index < -0.39 is 41.8 Å². The van der Waals surface area contributed by atoms with Gasteiger partial charge in [0.05, 0.1) is 36.7 Å². The van der Waals surface area contributed by atoms with Gasteiger partial charge in [0.25, 0.3) is 5.91 Å². The van der Waals surface area contributed by atoms with E-state index in [1.165, 1.54) is 30.5 Å². The Kier molecular flexibility index (Phi) is 9.21. The number of amides is 1. The maximum Gasteiger partial charge on any atom is 0.416 e. The minimum absolute atomic E-state index is 0.0151. The van der Waals surface area contributed by atoms with Gasteiger partial charge in [-0.05, 0) is 50.4 Å². The molecule has 1 aromatic carbocycles. The molecule has 2 aliphatic rings. The van der Waals surface area contributed by atoms with E-state index in [1.54, 1.807) is 0 Å². The summed E-state index contributed by atoms with van der Waals surface area (Å²) >= 11 is 0.854. The van der Waals surface area contributed by atoms with E-state index in [0.717, 1.165) is 23.5 Å². The molecule has 3 aromatic rings. The molecular formula is C28H28F6N6O4S. The summed E-state index contributed by atoms with van der Waals surface area (Å²) < 4.78 is 87.1. The van der Waals surface area contributed by atoms with Crippen molar-refractivity contribution >= 4 is 34.2 Å². The highest BCUT2D eigenvalue weighted by Gasteiger charge is 2.46. The van der Waals surface area contributed by atoms with Crippen LogP contribution in [0.15, 0.2) is 30.6 Å². The van der Waals surface area contributed by atoms with Gasteiger partial charge in [-0.25, -0.2) is 15.0 Å². The van der Waals surface area contributed by atoms with Crippen LogP contribution in [0.25, 0.3) is 11.3 Å². The number of alkyl halides is 6. The Bertz CT molecular complexity index is 1540. The number of nitrogens with one attached hydrogen (secondary N) is 1. The summed E-state index contributed by atoms with van der Waals surface area (Å²) in [7, 11) is 1.19. The number of nitrogens with zero attached hydrogens (tertiary/aromatic N) is 5. The molecule has 0 saturated carbocycles. The Morgan fingerprint density at radius 1 is 1.04 bits per heavy atom. The zero-order chi connectivity index (χ0) is 32.5. The maximum absolute atomic E-state index is 13.7. The summed E-state index contributed by atoms with van der Waals surface area (Å²) in [6, 6.07) is 1.22. The van der Waals surface area contributed by atoms with Gasteiger partial charge in [0.2, 0.25) is 0 Å².